The molecule has 0 spiro atoms. The van der Waals surface area contributed by atoms with Crippen molar-refractivity contribution < 1.29 is 40.6 Å². The summed E-state index contributed by atoms with van der Waals surface area (Å²) in [6.07, 6.45) is -3.85. The number of anilines is 2. The number of fused-ring (bicyclic) bond motifs is 1. The Morgan fingerprint density at radius 3 is 2.33 bits per heavy atom. The Morgan fingerprint density at radius 2 is 1.70 bits per heavy atom. The summed E-state index contributed by atoms with van der Waals surface area (Å²) < 4.78 is 80.8. The van der Waals surface area contributed by atoms with Crippen molar-refractivity contribution >= 4 is 28.7 Å². The van der Waals surface area contributed by atoms with Crippen LogP contribution in [0.1, 0.15) is 18.4 Å². The van der Waals surface area contributed by atoms with Crippen LogP contribution in [0, 0.1) is 23.0 Å². The quantitative estimate of drug-likeness (QED) is 0.411. The summed E-state index contributed by atoms with van der Waals surface area (Å²) in [5.41, 5.74) is 0.292. The van der Waals surface area contributed by atoms with Crippen molar-refractivity contribution in [3.8, 4) is 11.8 Å². The van der Waals surface area contributed by atoms with E-state index in [1.165, 1.54) is 12.1 Å². The summed E-state index contributed by atoms with van der Waals surface area (Å²) in [5, 5.41) is 8.83. The molecule has 0 unspecified atom stereocenters. The van der Waals surface area contributed by atoms with Crippen molar-refractivity contribution in [1.82, 2.24) is 9.88 Å². The average Bonchev–Trinajstić information content (AvgIpc) is 3.34. The number of hydrogen-bond donors (Lipinski definition) is 0. The van der Waals surface area contributed by atoms with E-state index in [2.05, 4.69) is 9.72 Å². The SMILES string of the molecule is N#Cc1c(F)cc(N2CCC(OCC(=O)N3CCN(c4nc5cc(OC(F)(F)F)ccc5o4)CC3)CC2)cc1F. The molecular formula is C26H24F5N5O4. The van der Waals surface area contributed by atoms with Gasteiger partial charge in [-0.05, 0) is 37.1 Å². The fourth-order valence-corrected chi connectivity index (χ4v) is 4.78. The monoisotopic (exact) mass is 565 g/mol. The fourth-order valence-electron chi connectivity index (χ4n) is 4.78. The van der Waals surface area contributed by atoms with Crippen molar-refractivity contribution in [1.29, 1.82) is 5.26 Å². The molecule has 2 aromatic carbocycles. The van der Waals surface area contributed by atoms with Crippen molar-refractivity contribution in [3.05, 3.63) is 47.5 Å². The van der Waals surface area contributed by atoms with Gasteiger partial charge in [-0.25, -0.2) is 8.78 Å². The minimum Gasteiger partial charge on any atom is -0.423 e. The Hall–Kier alpha value is -4.12. The molecule has 2 saturated heterocycles. The lowest BCUT2D eigenvalue weighted by Gasteiger charge is -2.35. The number of oxazole rings is 1. The number of rotatable bonds is 6. The molecule has 40 heavy (non-hydrogen) atoms. The summed E-state index contributed by atoms with van der Waals surface area (Å²) in [7, 11) is 0. The number of nitrogens with zero attached hydrogens (tertiary/aromatic N) is 5. The van der Waals surface area contributed by atoms with E-state index in [1.807, 2.05) is 4.90 Å². The van der Waals surface area contributed by atoms with Gasteiger partial charge in [0.25, 0.3) is 6.01 Å². The molecular weight excluding hydrogens is 541 g/mol. The van der Waals surface area contributed by atoms with E-state index in [1.54, 1.807) is 9.80 Å². The van der Waals surface area contributed by atoms with Crippen LogP contribution in [0.3, 0.4) is 0 Å². The number of carbonyl (C=O) groups is 1. The van der Waals surface area contributed by atoms with E-state index in [-0.39, 0.29) is 30.1 Å². The zero-order valence-electron chi connectivity index (χ0n) is 21.1. The molecule has 1 amide bonds. The first-order valence-electron chi connectivity index (χ1n) is 12.5. The van der Waals surface area contributed by atoms with Gasteiger partial charge in [-0.2, -0.15) is 10.2 Å². The second kappa shape index (κ2) is 11.2. The minimum atomic E-state index is -4.81. The Kier molecular flexibility index (Phi) is 7.66. The zero-order chi connectivity index (χ0) is 28.4. The third kappa shape index (κ3) is 6.20. The number of benzene rings is 2. The molecule has 1 aromatic heterocycles. The highest BCUT2D eigenvalue weighted by atomic mass is 19.4. The maximum absolute atomic E-state index is 14.0. The second-order valence-electron chi connectivity index (χ2n) is 9.44. The van der Waals surface area contributed by atoms with Crippen molar-refractivity contribution in [2.75, 3.05) is 55.7 Å². The highest BCUT2D eigenvalue weighted by Crippen LogP contribution is 2.29. The third-order valence-corrected chi connectivity index (χ3v) is 6.87. The zero-order valence-corrected chi connectivity index (χ0v) is 21.1. The Bertz CT molecular complexity index is 1400. The van der Waals surface area contributed by atoms with E-state index in [0.717, 1.165) is 24.3 Å². The van der Waals surface area contributed by atoms with Gasteiger partial charge in [-0.15, -0.1) is 13.2 Å². The number of aromatic nitrogens is 1. The standard InChI is InChI=1S/C26H24F5N5O4/c27-20-11-16(12-21(28)19(20)14-32)34-5-3-17(4-6-34)38-15-24(37)35-7-9-36(10-8-35)25-33-22-13-18(40-26(29,30)31)1-2-23(22)39-25/h1-2,11-13,17H,3-10,15H2. The average molecular weight is 565 g/mol. The molecule has 3 heterocycles. The fraction of sp³-hybridized carbons (Fsp3) is 0.423. The van der Waals surface area contributed by atoms with Crippen LogP contribution in [0.5, 0.6) is 5.75 Å². The van der Waals surface area contributed by atoms with Crippen LogP contribution < -0.4 is 14.5 Å². The molecule has 0 radical (unpaired) electrons. The third-order valence-electron chi connectivity index (χ3n) is 6.87. The number of amides is 1. The van der Waals surface area contributed by atoms with Gasteiger partial charge >= 0.3 is 6.36 Å². The topological polar surface area (TPSA) is 95.1 Å². The number of piperidine rings is 1. The lowest BCUT2D eigenvalue weighted by molar-refractivity contribution is -0.274. The number of carbonyl (C=O) groups excluding carboxylic acids is 1. The molecule has 0 bridgehead atoms. The van der Waals surface area contributed by atoms with Crippen LogP contribution in [0.2, 0.25) is 0 Å². The predicted octanol–water partition coefficient (Wildman–Crippen LogP) is 4.21. The first-order chi connectivity index (χ1) is 19.1. The van der Waals surface area contributed by atoms with Crippen molar-refractivity contribution in [3.63, 3.8) is 0 Å². The maximum atomic E-state index is 14.0. The second-order valence-corrected chi connectivity index (χ2v) is 9.44. The lowest BCUT2D eigenvalue weighted by Crippen LogP contribution is -2.50. The van der Waals surface area contributed by atoms with E-state index in [9.17, 15) is 26.7 Å². The molecule has 0 N–H and O–H groups in total. The molecule has 0 aliphatic carbocycles. The summed E-state index contributed by atoms with van der Waals surface area (Å²) >= 11 is 0. The number of ether oxygens (including phenoxy) is 2. The summed E-state index contributed by atoms with van der Waals surface area (Å²) in [6.45, 7) is 2.47. The van der Waals surface area contributed by atoms with E-state index in [0.29, 0.717) is 63.4 Å². The van der Waals surface area contributed by atoms with E-state index in [4.69, 9.17) is 14.4 Å². The van der Waals surface area contributed by atoms with Gasteiger partial charge in [-0.3, -0.25) is 4.79 Å². The molecule has 2 fully saturated rings. The van der Waals surface area contributed by atoms with Crippen molar-refractivity contribution in [2.45, 2.75) is 25.3 Å². The molecule has 0 saturated carbocycles. The van der Waals surface area contributed by atoms with Gasteiger partial charge in [-0.1, -0.05) is 0 Å². The summed E-state index contributed by atoms with van der Waals surface area (Å²) in [5.74, 6) is -2.37. The first kappa shape index (κ1) is 27.4. The molecule has 5 rings (SSSR count). The smallest absolute Gasteiger partial charge is 0.423 e. The number of nitriles is 1. The molecule has 2 aliphatic rings. The van der Waals surface area contributed by atoms with Crippen LogP contribution in [0.25, 0.3) is 11.1 Å². The summed E-state index contributed by atoms with van der Waals surface area (Å²) in [6, 6.07) is 7.70. The van der Waals surface area contributed by atoms with Crippen LogP contribution >= 0.6 is 0 Å². The van der Waals surface area contributed by atoms with Gasteiger partial charge in [0.15, 0.2) is 5.58 Å². The highest BCUT2D eigenvalue weighted by Gasteiger charge is 2.32. The largest absolute Gasteiger partial charge is 0.573 e. The van der Waals surface area contributed by atoms with Crippen LogP contribution in [-0.4, -0.2) is 74.1 Å². The number of halogens is 5. The first-order valence-corrected chi connectivity index (χ1v) is 12.5. The lowest BCUT2D eigenvalue weighted by atomic mass is 10.1. The maximum Gasteiger partial charge on any atom is 0.573 e. The molecule has 14 heteroatoms. The van der Waals surface area contributed by atoms with Gasteiger partial charge in [0.2, 0.25) is 5.91 Å². The van der Waals surface area contributed by atoms with Crippen molar-refractivity contribution in [2.24, 2.45) is 0 Å². The van der Waals surface area contributed by atoms with Gasteiger partial charge < -0.3 is 28.6 Å². The number of piperazine rings is 1. The Balaban J connectivity index is 1.07. The van der Waals surface area contributed by atoms with Crippen LogP contribution in [0.15, 0.2) is 34.7 Å². The molecule has 9 nitrogen and oxygen atoms in total. The highest BCUT2D eigenvalue weighted by molar-refractivity contribution is 5.78. The van der Waals surface area contributed by atoms with E-state index < -0.39 is 29.3 Å². The van der Waals surface area contributed by atoms with Gasteiger partial charge in [0.05, 0.1) is 6.10 Å². The molecule has 0 atom stereocenters. The van der Waals surface area contributed by atoms with Gasteiger partial charge in [0.1, 0.15) is 41.1 Å². The predicted molar refractivity (Wildman–Crippen MR) is 132 cm³/mol. The number of hydrogen-bond acceptors (Lipinski definition) is 8. The summed E-state index contributed by atoms with van der Waals surface area (Å²) in [4.78, 5) is 22.3. The number of alkyl halides is 3. The minimum absolute atomic E-state index is 0.102. The van der Waals surface area contributed by atoms with Crippen LogP contribution in [0.4, 0.5) is 33.7 Å². The Labute approximate surface area is 225 Å². The van der Waals surface area contributed by atoms with Crippen LogP contribution in [-0.2, 0) is 9.53 Å². The molecule has 2 aliphatic heterocycles. The Morgan fingerprint density at radius 1 is 1.02 bits per heavy atom. The van der Waals surface area contributed by atoms with Gasteiger partial charge in [0, 0.05) is 51.0 Å². The molecule has 212 valence electrons. The normalized spacial score (nSPS) is 16.9. The molecule has 3 aromatic rings. The van der Waals surface area contributed by atoms with E-state index >= 15 is 0 Å².